The molecule has 0 aromatic heterocycles. The molecule has 3 fully saturated rings. The third-order valence-electron chi connectivity index (χ3n) is 9.13. The van der Waals surface area contributed by atoms with Crippen molar-refractivity contribution < 1.29 is 14.9 Å². The van der Waals surface area contributed by atoms with Crippen LogP contribution in [0.3, 0.4) is 0 Å². The Morgan fingerprint density at radius 2 is 1.93 bits per heavy atom. The van der Waals surface area contributed by atoms with E-state index in [1.165, 1.54) is 43.4 Å². The standard InChI is InChI=1S/C25H32N2O3/c28-19-7-6-17-14-20-25(29)9-8-18(26-11-2-1-3-12-26)23-24(25,21(17)22(19)30-23)10-13-27(20)15-16-4-5-16/h6-8,16,20,23,28-29H,1-5,9-15H2/t20?,23-,24-,25+/m1/s1. The van der Waals surface area contributed by atoms with Crippen LogP contribution in [0.5, 0.6) is 11.5 Å². The number of piperidine rings is 2. The van der Waals surface area contributed by atoms with E-state index in [0.717, 1.165) is 50.5 Å². The summed E-state index contributed by atoms with van der Waals surface area (Å²) in [6, 6.07) is 4.03. The van der Waals surface area contributed by atoms with Crippen LogP contribution in [0.4, 0.5) is 0 Å². The second kappa shape index (κ2) is 5.95. The molecular weight excluding hydrogens is 376 g/mol. The van der Waals surface area contributed by atoms with Crippen molar-refractivity contribution in [1.29, 1.82) is 0 Å². The van der Waals surface area contributed by atoms with Crippen molar-refractivity contribution >= 4 is 0 Å². The number of hydrogen-bond acceptors (Lipinski definition) is 5. The fourth-order valence-corrected chi connectivity index (χ4v) is 7.53. The summed E-state index contributed by atoms with van der Waals surface area (Å²) in [6.45, 7) is 4.29. The topological polar surface area (TPSA) is 56.2 Å². The fraction of sp³-hybridized carbons (Fsp3) is 0.680. The summed E-state index contributed by atoms with van der Waals surface area (Å²) >= 11 is 0. The van der Waals surface area contributed by atoms with Crippen LogP contribution in [0.2, 0.25) is 0 Å². The zero-order chi connectivity index (χ0) is 20.1. The van der Waals surface area contributed by atoms with E-state index in [-0.39, 0.29) is 17.9 Å². The van der Waals surface area contributed by atoms with Crippen LogP contribution in [0.25, 0.3) is 0 Å². The van der Waals surface area contributed by atoms with Crippen molar-refractivity contribution in [1.82, 2.24) is 9.80 Å². The molecule has 3 aliphatic heterocycles. The van der Waals surface area contributed by atoms with Gasteiger partial charge in [0, 0.05) is 31.2 Å². The lowest BCUT2D eigenvalue weighted by molar-refractivity contribution is -0.167. The van der Waals surface area contributed by atoms with E-state index >= 15 is 0 Å². The quantitative estimate of drug-likeness (QED) is 0.806. The van der Waals surface area contributed by atoms with Crippen molar-refractivity contribution in [2.45, 2.75) is 74.5 Å². The van der Waals surface area contributed by atoms with Gasteiger partial charge in [0.05, 0.1) is 16.7 Å². The molecule has 2 saturated heterocycles. The van der Waals surface area contributed by atoms with E-state index in [2.05, 4.69) is 21.9 Å². The largest absolute Gasteiger partial charge is 0.504 e. The molecule has 0 amide bonds. The number of likely N-dealkylation sites (tertiary alicyclic amines) is 2. The van der Waals surface area contributed by atoms with E-state index in [1.807, 2.05) is 0 Å². The Balaban J connectivity index is 1.40. The molecule has 30 heavy (non-hydrogen) atoms. The van der Waals surface area contributed by atoms with Crippen LogP contribution in [-0.2, 0) is 11.8 Å². The molecule has 2 bridgehead atoms. The Hall–Kier alpha value is -1.72. The number of benzene rings is 1. The average Bonchev–Trinajstić information content (AvgIpc) is 3.50. The van der Waals surface area contributed by atoms with Crippen LogP contribution in [-0.4, -0.2) is 63.9 Å². The number of aliphatic hydroxyl groups is 1. The molecule has 1 aromatic carbocycles. The number of rotatable bonds is 3. The molecule has 1 saturated carbocycles. The predicted octanol–water partition coefficient (Wildman–Crippen LogP) is 2.94. The van der Waals surface area contributed by atoms with Crippen molar-refractivity contribution in [3.8, 4) is 11.5 Å². The van der Waals surface area contributed by atoms with Crippen molar-refractivity contribution in [3.63, 3.8) is 0 Å². The highest BCUT2D eigenvalue weighted by Crippen LogP contribution is 2.65. The number of aromatic hydroxyl groups is 1. The lowest BCUT2D eigenvalue weighted by Gasteiger charge is -2.63. The minimum atomic E-state index is -0.823. The van der Waals surface area contributed by atoms with Crippen LogP contribution in [0.15, 0.2) is 23.9 Å². The first-order valence-electron chi connectivity index (χ1n) is 12.1. The summed E-state index contributed by atoms with van der Waals surface area (Å²) in [5, 5.41) is 23.2. The number of hydrogen-bond donors (Lipinski definition) is 2. The van der Waals surface area contributed by atoms with Gasteiger partial charge in [0.1, 0.15) is 0 Å². The minimum Gasteiger partial charge on any atom is -0.504 e. The summed E-state index contributed by atoms with van der Waals surface area (Å²) < 4.78 is 6.63. The first-order valence-corrected chi connectivity index (χ1v) is 12.1. The van der Waals surface area contributed by atoms with Crippen molar-refractivity contribution in [2.24, 2.45) is 5.92 Å². The minimum absolute atomic E-state index is 0.139. The van der Waals surface area contributed by atoms with Gasteiger partial charge in [-0.2, -0.15) is 0 Å². The molecule has 5 nitrogen and oxygen atoms in total. The molecular formula is C25H32N2O3. The van der Waals surface area contributed by atoms with Gasteiger partial charge in [0.2, 0.25) is 0 Å². The Kier molecular flexibility index (Phi) is 3.55. The molecule has 1 spiro atoms. The average molecular weight is 409 g/mol. The smallest absolute Gasteiger partial charge is 0.166 e. The second-order valence-electron chi connectivity index (χ2n) is 10.6. The Morgan fingerprint density at radius 1 is 1.10 bits per heavy atom. The van der Waals surface area contributed by atoms with Gasteiger partial charge in [-0.25, -0.2) is 0 Å². The summed E-state index contributed by atoms with van der Waals surface area (Å²) in [5.41, 5.74) is 2.41. The summed E-state index contributed by atoms with van der Waals surface area (Å²) in [7, 11) is 0. The molecule has 160 valence electrons. The van der Waals surface area contributed by atoms with Gasteiger partial charge in [0.25, 0.3) is 0 Å². The Bertz CT molecular complexity index is 935. The molecule has 2 N–H and O–H groups in total. The Morgan fingerprint density at radius 3 is 2.73 bits per heavy atom. The maximum absolute atomic E-state index is 12.5. The van der Waals surface area contributed by atoms with E-state index in [1.54, 1.807) is 6.07 Å². The van der Waals surface area contributed by atoms with Crippen LogP contribution < -0.4 is 4.74 Å². The molecule has 3 heterocycles. The molecule has 1 aromatic rings. The van der Waals surface area contributed by atoms with E-state index < -0.39 is 11.0 Å². The van der Waals surface area contributed by atoms with Crippen molar-refractivity contribution in [2.75, 3.05) is 26.2 Å². The third-order valence-corrected chi connectivity index (χ3v) is 9.13. The summed E-state index contributed by atoms with van der Waals surface area (Å²) in [6.07, 6.45) is 11.0. The fourth-order valence-electron chi connectivity index (χ4n) is 7.53. The van der Waals surface area contributed by atoms with Gasteiger partial charge < -0.3 is 19.8 Å². The molecule has 6 aliphatic rings. The highest BCUT2D eigenvalue weighted by atomic mass is 16.5. The maximum Gasteiger partial charge on any atom is 0.166 e. The van der Waals surface area contributed by atoms with Gasteiger partial charge >= 0.3 is 0 Å². The van der Waals surface area contributed by atoms with Gasteiger partial charge in [0.15, 0.2) is 17.6 Å². The zero-order valence-corrected chi connectivity index (χ0v) is 17.6. The van der Waals surface area contributed by atoms with Crippen LogP contribution in [0.1, 0.15) is 56.1 Å². The predicted molar refractivity (Wildman–Crippen MR) is 114 cm³/mol. The maximum atomic E-state index is 12.5. The van der Waals surface area contributed by atoms with Gasteiger partial charge in [-0.05, 0) is 75.5 Å². The van der Waals surface area contributed by atoms with Crippen LogP contribution in [0, 0.1) is 5.92 Å². The second-order valence-corrected chi connectivity index (χ2v) is 10.6. The van der Waals surface area contributed by atoms with Crippen LogP contribution >= 0.6 is 0 Å². The highest BCUT2D eigenvalue weighted by molar-refractivity contribution is 5.64. The summed E-state index contributed by atoms with van der Waals surface area (Å²) in [4.78, 5) is 5.10. The number of phenols is 1. The van der Waals surface area contributed by atoms with Gasteiger partial charge in [-0.3, -0.25) is 4.90 Å². The molecule has 7 rings (SSSR count). The Labute approximate surface area is 178 Å². The molecule has 5 heteroatoms. The molecule has 1 unspecified atom stereocenters. The van der Waals surface area contributed by atoms with E-state index in [0.29, 0.717) is 12.2 Å². The van der Waals surface area contributed by atoms with Crippen molar-refractivity contribution in [3.05, 3.63) is 35.0 Å². The molecule has 3 aliphatic carbocycles. The lowest BCUT2D eigenvalue weighted by atomic mass is 9.50. The van der Waals surface area contributed by atoms with E-state index in [9.17, 15) is 10.2 Å². The third kappa shape index (κ3) is 2.11. The highest BCUT2D eigenvalue weighted by Gasteiger charge is 2.72. The van der Waals surface area contributed by atoms with Gasteiger partial charge in [-0.15, -0.1) is 0 Å². The molecule has 0 radical (unpaired) electrons. The monoisotopic (exact) mass is 408 g/mol. The number of nitrogens with zero attached hydrogens (tertiary/aromatic N) is 2. The SMILES string of the molecule is Oc1ccc2c3c1O[C@@H]1C(N4CCCCC4)=CC[C@]4(O)C(C2)N(CC2CC2)CC[C@@]314. The first-order chi connectivity index (χ1) is 14.6. The lowest BCUT2D eigenvalue weighted by Crippen LogP contribution is -2.75. The molecule has 4 atom stereocenters. The summed E-state index contributed by atoms with van der Waals surface area (Å²) in [5.74, 6) is 1.70. The number of ether oxygens (including phenoxy) is 1. The van der Waals surface area contributed by atoms with Gasteiger partial charge in [-0.1, -0.05) is 12.1 Å². The normalized spacial score (nSPS) is 39.4. The first kappa shape index (κ1) is 17.9. The van der Waals surface area contributed by atoms with E-state index in [4.69, 9.17) is 4.74 Å². The zero-order valence-electron chi connectivity index (χ0n) is 17.6. The number of phenolic OH excluding ortho intramolecular Hbond substituents is 1.